The van der Waals surface area contributed by atoms with Gasteiger partial charge in [-0.1, -0.05) is 0 Å². The lowest BCUT2D eigenvalue weighted by atomic mass is 10.1. The van der Waals surface area contributed by atoms with Gasteiger partial charge in [-0.15, -0.1) is 0 Å². The van der Waals surface area contributed by atoms with Crippen LogP contribution in [0.3, 0.4) is 0 Å². The molecule has 1 fully saturated rings. The highest BCUT2D eigenvalue weighted by Crippen LogP contribution is 2.26. The summed E-state index contributed by atoms with van der Waals surface area (Å²) >= 11 is 0. The summed E-state index contributed by atoms with van der Waals surface area (Å²) < 4.78 is 25.6. The van der Waals surface area contributed by atoms with Gasteiger partial charge in [-0.3, -0.25) is 4.79 Å². The number of sulfonamides is 1. The van der Waals surface area contributed by atoms with Crippen molar-refractivity contribution in [2.24, 2.45) is 5.92 Å². The largest absolute Gasteiger partial charge is 0.481 e. The summed E-state index contributed by atoms with van der Waals surface area (Å²) in [5, 5.41) is 11.5. The van der Waals surface area contributed by atoms with Gasteiger partial charge in [0, 0.05) is 12.6 Å². The predicted molar refractivity (Wildman–Crippen MR) is 59.6 cm³/mol. The minimum absolute atomic E-state index is 0.0255. The molecule has 1 saturated carbocycles. The average Bonchev–Trinajstić information content (AvgIpc) is 2.62. The third-order valence-corrected chi connectivity index (χ3v) is 4.18. The summed E-state index contributed by atoms with van der Waals surface area (Å²) in [4.78, 5) is 10.7. The van der Waals surface area contributed by atoms with Gasteiger partial charge in [0.1, 0.15) is 0 Å². The molecule has 0 aliphatic heterocycles. The quantitative estimate of drug-likeness (QED) is 0.584. The molecule has 1 aliphatic carbocycles. The Morgan fingerprint density at radius 2 is 2.12 bits per heavy atom. The van der Waals surface area contributed by atoms with Crippen LogP contribution in [0.15, 0.2) is 0 Å². The molecule has 0 heterocycles. The Kier molecular flexibility index (Phi) is 4.69. The number of aliphatic carboxylic acids is 1. The normalized spacial score (nSPS) is 25.8. The molecular formula is C9H18N2O4S. The van der Waals surface area contributed by atoms with Crippen LogP contribution in [0.2, 0.25) is 0 Å². The third-order valence-electron chi connectivity index (χ3n) is 2.75. The molecule has 0 aromatic rings. The highest BCUT2D eigenvalue weighted by atomic mass is 32.2. The van der Waals surface area contributed by atoms with Crippen molar-refractivity contribution in [1.29, 1.82) is 0 Å². The molecule has 0 bridgehead atoms. The molecule has 16 heavy (non-hydrogen) atoms. The van der Waals surface area contributed by atoms with E-state index in [1.807, 2.05) is 0 Å². The minimum atomic E-state index is -3.28. The van der Waals surface area contributed by atoms with E-state index < -0.39 is 21.9 Å². The van der Waals surface area contributed by atoms with Gasteiger partial charge in [-0.25, -0.2) is 13.1 Å². The zero-order valence-corrected chi connectivity index (χ0v) is 10.1. The molecule has 3 N–H and O–H groups in total. The van der Waals surface area contributed by atoms with Gasteiger partial charge in [0.05, 0.1) is 11.7 Å². The zero-order chi connectivity index (χ0) is 12.2. The van der Waals surface area contributed by atoms with Crippen LogP contribution in [0.4, 0.5) is 0 Å². The molecule has 94 valence electrons. The maximum absolute atomic E-state index is 11.5. The van der Waals surface area contributed by atoms with Gasteiger partial charge in [-0.2, -0.15) is 0 Å². The molecule has 0 radical (unpaired) electrons. The molecule has 2 unspecified atom stereocenters. The van der Waals surface area contributed by atoms with E-state index >= 15 is 0 Å². The van der Waals surface area contributed by atoms with Gasteiger partial charge >= 0.3 is 5.97 Å². The number of carbonyl (C=O) groups is 1. The van der Waals surface area contributed by atoms with Crippen LogP contribution >= 0.6 is 0 Å². The third kappa shape index (κ3) is 4.07. The Bertz CT molecular complexity index is 341. The highest BCUT2D eigenvalue weighted by Gasteiger charge is 2.31. The fourth-order valence-corrected chi connectivity index (χ4v) is 3.17. The van der Waals surface area contributed by atoms with Crippen LogP contribution in [-0.2, 0) is 14.8 Å². The second kappa shape index (κ2) is 5.60. The number of carboxylic acids is 1. The van der Waals surface area contributed by atoms with Gasteiger partial charge in [0.15, 0.2) is 0 Å². The van der Waals surface area contributed by atoms with E-state index in [1.165, 1.54) is 0 Å². The van der Waals surface area contributed by atoms with Crippen molar-refractivity contribution < 1.29 is 18.3 Å². The van der Waals surface area contributed by atoms with Crippen LogP contribution in [0, 0.1) is 5.92 Å². The molecule has 2 atom stereocenters. The van der Waals surface area contributed by atoms with E-state index in [4.69, 9.17) is 5.11 Å². The maximum Gasteiger partial charge on any atom is 0.306 e. The van der Waals surface area contributed by atoms with E-state index in [1.54, 1.807) is 7.05 Å². The molecule has 0 saturated heterocycles. The number of carboxylic acid groups (broad SMARTS) is 1. The van der Waals surface area contributed by atoms with Crippen LogP contribution in [0.25, 0.3) is 0 Å². The van der Waals surface area contributed by atoms with Crippen molar-refractivity contribution >= 4 is 16.0 Å². The molecule has 1 rings (SSSR count). The highest BCUT2D eigenvalue weighted by molar-refractivity contribution is 7.89. The van der Waals surface area contributed by atoms with Gasteiger partial charge in [-0.05, 0) is 26.3 Å². The Labute approximate surface area is 95.5 Å². The van der Waals surface area contributed by atoms with Gasteiger partial charge < -0.3 is 10.4 Å². The summed E-state index contributed by atoms with van der Waals surface area (Å²) in [7, 11) is -1.60. The maximum atomic E-state index is 11.5. The Morgan fingerprint density at radius 1 is 1.44 bits per heavy atom. The molecule has 6 nitrogen and oxygen atoms in total. The standard InChI is InChI=1S/C9H18N2O4S/c1-10-4-5-16(14,15)11-8-3-2-7(6-8)9(12)13/h7-8,10-11H,2-6H2,1H3,(H,12,13). The number of nitrogens with one attached hydrogen (secondary N) is 2. The van der Waals surface area contributed by atoms with Crippen LogP contribution < -0.4 is 10.0 Å². The Morgan fingerprint density at radius 3 is 2.62 bits per heavy atom. The first kappa shape index (κ1) is 13.4. The second-order valence-electron chi connectivity index (χ2n) is 4.09. The number of hydrogen-bond acceptors (Lipinski definition) is 4. The van der Waals surface area contributed by atoms with Gasteiger partial charge in [0.2, 0.25) is 10.0 Å². The van der Waals surface area contributed by atoms with Crippen molar-refractivity contribution in [1.82, 2.24) is 10.0 Å². The van der Waals surface area contributed by atoms with Gasteiger partial charge in [0.25, 0.3) is 0 Å². The molecular weight excluding hydrogens is 232 g/mol. The van der Waals surface area contributed by atoms with Crippen molar-refractivity contribution in [3.8, 4) is 0 Å². The fourth-order valence-electron chi connectivity index (χ4n) is 1.86. The fraction of sp³-hybridized carbons (Fsp3) is 0.889. The zero-order valence-electron chi connectivity index (χ0n) is 9.27. The molecule has 1 aliphatic rings. The van der Waals surface area contributed by atoms with Crippen LogP contribution in [0.1, 0.15) is 19.3 Å². The Balaban J connectivity index is 2.41. The van der Waals surface area contributed by atoms with E-state index in [0.717, 1.165) is 0 Å². The minimum Gasteiger partial charge on any atom is -0.481 e. The first-order valence-corrected chi connectivity index (χ1v) is 6.97. The molecule has 0 aromatic heterocycles. The lowest BCUT2D eigenvalue weighted by molar-refractivity contribution is -0.141. The summed E-state index contributed by atoms with van der Waals surface area (Å²) in [6.07, 6.45) is 1.55. The van der Waals surface area contributed by atoms with E-state index in [9.17, 15) is 13.2 Å². The predicted octanol–water partition coefficient (Wildman–Crippen LogP) is -0.621. The summed E-state index contributed by atoms with van der Waals surface area (Å²) in [6, 6.07) is -0.219. The summed E-state index contributed by atoms with van der Waals surface area (Å²) in [6.45, 7) is 0.393. The number of hydrogen-bond donors (Lipinski definition) is 3. The van der Waals surface area contributed by atoms with Crippen molar-refractivity contribution in [2.75, 3.05) is 19.3 Å². The van der Waals surface area contributed by atoms with Crippen molar-refractivity contribution in [2.45, 2.75) is 25.3 Å². The van der Waals surface area contributed by atoms with E-state index in [0.29, 0.717) is 25.8 Å². The van der Waals surface area contributed by atoms with Crippen molar-refractivity contribution in [3.63, 3.8) is 0 Å². The lowest BCUT2D eigenvalue weighted by Gasteiger charge is -2.12. The second-order valence-corrected chi connectivity index (χ2v) is 5.96. The van der Waals surface area contributed by atoms with E-state index in [2.05, 4.69) is 10.0 Å². The smallest absolute Gasteiger partial charge is 0.306 e. The molecule has 0 aromatic carbocycles. The van der Waals surface area contributed by atoms with Crippen LogP contribution in [-0.4, -0.2) is 44.9 Å². The molecule has 0 spiro atoms. The van der Waals surface area contributed by atoms with E-state index in [-0.39, 0.29) is 11.8 Å². The van der Waals surface area contributed by atoms with Crippen LogP contribution in [0.5, 0.6) is 0 Å². The first-order valence-electron chi connectivity index (χ1n) is 5.32. The molecule has 7 heteroatoms. The monoisotopic (exact) mass is 250 g/mol. The summed E-state index contributed by atoms with van der Waals surface area (Å²) in [5.74, 6) is -1.22. The lowest BCUT2D eigenvalue weighted by Crippen LogP contribution is -2.37. The Hall–Kier alpha value is -0.660. The molecule has 0 amide bonds. The SMILES string of the molecule is CNCCS(=O)(=O)NC1CCC(C(=O)O)C1. The first-order chi connectivity index (χ1) is 7.44. The topological polar surface area (TPSA) is 95.5 Å². The summed E-state index contributed by atoms with van der Waals surface area (Å²) in [5.41, 5.74) is 0. The average molecular weight is 250 g/mol. The number of rotatable bonds is 6. The van der Waals surface area contributed by atoms with Crippen molar-refractivity contribution in [3.05, 3.63) is 0 Å².